The number of anilines is 1. The molecule has 6 heteroatoms. The second kappa shape index (κ2) is 10.2. The van der Waals surface area contributed by atoms with Crippen LogP contribution in [0.3, 0.4) is 0 Å². The molecule has 0 saturated heterocycles. The van der Waals surface area contributed by atoms with Crippen molar-refractivity contribution in [2.24, 2.45) is 0 Å². The van der Waals surface area contributed by atoms with Gasteiger partial charge in [0.25, 0.3) is 11.8 Å². The SMILES string of the molecule is O=C(CNC(=O)c1ccc2ccccc2c1)OCc1ccc(C(=O)Nc2ccccc2)cc1. The molecule has 164 valence electrons. The molecule has 0 radical (unpaired) electrons. The van der Waals surface area contributed by atoms with E-state index in [1.165, 1.54) is 0 Å². The van der Waals surface area contributed by atoms with E-state index in [0.717, 1.165) is 16.3 Å². The monoisotopic (exact) mass is 438 g/mol. The lowest BCUT2D eigenvalue weighted by Crippen LogP contribution is -2.30. The highest BCUT2D eigenvalue weighted by Crippen LogP contribution is 2.15. The molecule has 0 bridgehead atoms. The van der Waals surface area contributed by atoms with Crippen molar-refractivity contribution in [3.8, 4) is 0 Å². The van der Waals surface area contributed by atoms with Crippen molar-refractivity contribution in [1.29, 1.82) is 0 Å². The molecule has 4 aromatic carbocycles. The van der Waals surface area contributed by atoms with Gasteiger partial charge in [0.1, 0.15) is 13.2 Å². The molecule has 0 aliphatic rings. The van der Waals surface area contributed by atoms with Gasteiger partial charge in [-0.2, -0.15) is 0 Å². The van der Waals surface area contributed by atoms with Gasteiger partial charge in [-0.3, -0.25) is 14.4 Å². The van der Waals surface area contributed by atoms with Crippen LogP contribution in [-0.4, -0.2) is 24.3 Å². The molecule has 0 atom stereocenters. The zero-order valence-electron chi connectivity index (χ0n) is 17.8. The summed E-state index contributed by atoms with van der Waals surface area (Å²) in [6, 6.07) is 29.1. The summed E-state index contributed by atoms with van der Waals surface area (Å²) in [6.07, 6.45) is 0. The summed E-state index contributed by atoms with van der Waals surface area (Å²) in [5.41, 5.74) is 2.43. The van der Waals surface area contributed by atoms with Crippen molar-refractivity contribution in [1.82, 2.24) is 5.32 Å². The Morgan fingerprint density at radius 3 is 2.09 bits per heavy atom. The van der Waals surface area contributed by atoms with E-state index in [0.29, 0.717) is 16.8 Å². The molecular weight excluding hydrogens is 416 g/mol. The summed E-state index contributed by atoms with van der Waals surface area (Å²) >= 11 is 0. The third-order valence-corrected chi connectivity index (χ3v) is 5.05. The van der Waals surface area contributed by atoms with E-state index in [2.05, 4.69) is 10.6 Å². The first-order valence-corrected chi connectivity index (χ1v) is 10.5. The lowest BCUT2D eigenvalue weighted by Gasteiger charge is -2.08. The molecule has 0 unspecified atom stereocenters. The number of fused-ring (bicyclic) bond motifs is 1. The van der Waals surface area contributed by atoms with Gasteiger partial charge < -0.3 is 15.4 Å². The van der Waals surface area contributed by atoms with Crippen molar-refractivity contribution in [3.63, 3.8) is 0 Å². The Bertz CT molecular complexity index is 1280. The molecule has 4 aromatic rings. The number of nitrogens with one attached hydrogen (secondary N) is 2. The number of hydrogen-bond acceptors (Lipinski definition) is 4. The van der Waals surface area contributed by atoms with Gasteiger partial charge in [-0.25, -0.2) is 0 Å². The van der Waals surface area contributed by atoms with Gasteiger partial charge in [-0.1, -0.05) is 60.7 Å². The molecule has 33 heavy (non-hydrogen) atoms. The van der Waals surface area contributed by atoms with Crippen LogP contribution in [0.4, 0.5) is 5.69 Å². The molecule has 2 amide bonds. The first kappa shape index (κ1) is 21.8. The number of para-hydroxylation sites is 1. The molecule has 6 nitrogen and oxygen atoms in total. The van der Waals surface area contributed by atoms with Crippen LogP contribution in [0, 0.1) is 0 Å². The highest BCUT2D eigenvalue weighted by molar-refractivity contribution is 6.04. The second-order valence-electron chi connectivity index (χ2n) is 7.42. The number of carbonyl (C=O) groups excluding carboxylic acids is 3. The number of ether oxygens (including phenoxy) is 1. The first-order chi connectivity index (χ1) is 16.1. The number of carbonyl (C=O) groups is 3. The van der Waals surface area contributed by atoms with Crippen LogP contribution >= 0.6 is 0 Å². The zero-order valence-corrected chi connectivity index (χ0v) is 17.8. The molecule has 0 fully saturated rings. The highest BCUT2D eigenvalue weighted by Gasteiger charge is 2.11. The molecule has 0 heterocycles. The van der Waals surface area contributed by atoms with Crippen LogP contribution in [0.5, 0.6) is 0 Å². The van der Waals surface area contributed by atoms with Crippen LogP contribution in [-0.2, 0) is 16.1 Å². The fraction of sp³-hybridized carbons (Fsp3) is 0.0741. The maximum Gasteiger partial charge on any atom is 0.325 e. The average Bonchev–Trinajstić information content (AvgIpc) is 2.86. The van der Waals surface area contributed by atoms with Gasteiger partial charge in [0.05, 0.1) is 0 Å². The number of amides is 2. The van der Waals surface area contributed by atoms with Gasteiger partial charge in [-0.15, -0.1) is 0 Å². The van der Waals surface area contributed by atoms with Gasteiger partial charge in [0.15, 0.2) is 0 Å². The maximum absolute atomic E-state index is 12.3. The lowest BCUT2D eigenvalue weighted by atomic mass is 10.1. The summed E-state index contributed by atoms with van der Waals surface area (Å²) < 4.78 is 5.23. The Labute approximate surface area is 191 Å². The number of hydrogen-bond donors (Lipinski definition) is 2. The molecule has 0 aromatic heterocycles. The standard InChI is InChI=1S/C27H22N2O4/c30-25(17-28-26(31)23-15-14-20-6-4-5-7-22(20)16-23)33-18-19-10-12-21(13-11-19)27(32)29-24-8-2-1-3-9-24/h1-16H,17-18H2,(H,28,31)(H,29,32). The fourth-order valence-corrected chi connectivity index (χ4v) is 3.28. The van der Waals surface area contributed by atoms with E-state index in [9.17, 15) is 14.4 Å². The number of benzene rings is 4. The second-order valence-corrected chi connectivity index (χ2v) is 7.42. The maximum atomic E-state index is 12.3. The fourth-order valence-electron chi connectivity index (χ4n) is 3.28. The highest BCUT2D eigenvalue weighted by atomic mass is 16.5. The van der Waals surface area contributed by atoms with Gasteiger partial charge >= 0.3 is 5.97 Å². The quantitative estimate of drug-likeness (QED) is 0.414. The molecule has 0 aliphatic heterocycles. The van der Waals surface area contributed by atoms with Gasteiger partial charge in [0, 0.05) is 16.8 Å². The van der Waals surface area contributed by atoms with E-state index in [1.54, 1.807) is 36.4 Å². The molecule has 0 spiro atoms. The molecule has 4 rings (SSSR count). The van der Waals surface area contributed by atoms with E-state index in [-0.39, 0.29) is 25.0 Å². The van der Waals surface area contributed by atoms with Crippen LogP contribution in [0.1, 0.15) is 26.3 Å². The third-order valence-electron chi connectivity index (χ3n) is 5.05. The van der Waals surface area contributed by atoms with Gasteiger partial charge in [0.2, 0.25) is 0 Å². The van der Waals surface area contributed by atoms with Crippen molar-refractivity contribution in [3.05, 3.63) is 114 Å². The van der Waals surface area contributed by atoms with Crippen LogP contribution in [0.25, 0.3) is 10.8 Å². The Morgan fingerprint density at radius 2 is 1.33 bits per heavy atom. The Balaban J connectivity index is 1.24. The van der Waals surface area contributed by atoms with Crippen molar-refractivity contribution in [2.75, 3.05) is 11.9 Å². The van der Waals surface area contributed by atoms with Crippen molar-refractivity contribution in [2.45, 2.75) is 6.61 Å². The predicted molar refractivity (Wildman–Crippen MR) is 127 cm³/mol. The van der Waals surface area contributed by atoms with E-state index in [1.807, 2.05) is 60.7 Å². The first-order valence-electron chi connectivity index (χ1n) is 10.5. The largest absolute Gasteiger partial charge is 0.460 e. The Morgan fingerprint density at radius 1 is 0.667 bits per heavy atom. The third kappa shape index (κ3) is 5.83. The zero-order chi connectivity index (χ0) is 23.0. The van der Waals surface area contributed by atoms with E-state index >= 15 is 0 Å². The minimum Gasteiger partial charge on any atom is -0.460 e. The number of esters is 1. The summed E-state index contributed by atoms with van der Waals surface area (Å²) in [6.45, 7) is -0.186. The smallest absolute Gasteiger partial charge is 0.325 e. The van der Waals surface area contributed by atoms with Crippen molar-refractivity contribution >= 4 is 34.2 Å². The average molecular weight is 438 g/mol. The van der Waals surface area contributed by atoms with E-state index < -0.39 is 5.97 Å². The van der Waals surface area contributed by atoms with Crippen molar-refractivity contribution < 1.29 is 19.1 Å². The summed E-state index contributed by atoms with van der Waals surface area (Å²) in [5.74, 6) is -1.11. The summed E-state index contributed by atoms with van der Waals surface area (Å²) in [4.78, 5) is 36.7. The normalized spacial score (nSPS) is 10.4. The minimum atomic E-state index is -0.546. The minimum absolute atomic E-state index is 0.0469. The van der Waals surface area contributed by atoms with Crippen LogP contribution in [0.15, 0.2) is 97.1 Å². The molecule has 2 N–H and O–H groups in total. The number of rotatable bonds is 7. The van der Waals surface area contributed by atoms with Crippen LogP contribution < -0.4 is 10.6 Å². The Kier molecular flexibility index (Phi) is 6.75. The molecule has 0 saturated carbocycles. The van der Waals surface area contributed by atoms with Gasteiger partial charge in [-0.05, 0) is 52.7 Å². The summed E-state index contributed by atoms with van der Waals surface area (Å²) in [5, 5.41) is 7.39. The predicted octanol–water partition coefficient (Wildman–Crippen LogP) is 4.57. The molecular formula is C27H22N2O4. The Hall–Kier alpha value is -4.45. The van der Waals surface area contributed by atoms with Crippen LogP contribution in [0.2, 0.25) is 0 Å². The lowest BCUT2D eigenvalue weighted by molar-refractivity contribution is -0.143. The molecule has 0 aliphatic carbocycles. The van der Waals surface area contributed by atoms with E-state index in [4.69, 9.17) is 4.74 Å². The summed E-state index contributed by atoms with van der Waals surface area (Å²) in [7, 11) is 0. The topological polar surface area (TPSA) is 84.5 Å².